The van der Waals surface area contributed by atoms with Crippen molar-refractivity contribution in [2.75, 3.05) is 38.2 Å². The zero-order chi connectivity index (χ0) is 20.6. The molecule has 5 heteroatoms. The molecular weight excluding hydrogens is 362 g/mol. The zero-order valence-corrected chi connectivity index (χ0v) is 17.8. The molecule has 2 aromatic carbocycles. The number of hydrogen-bond donors (Lipinski definition) is 1. The molecule has 0 aromatic heterocycles. The molecule has 156 valence electrons. The molecule has 0 radical (unpaired) electrons. The minimum Gasteiger partial charge on any atom is -0.497 e. The van der Waals surface area contributed by atoms with Crippen LogP contribution in [-0.2, 0) is 4.79 Å². The second kappa shape index (κ2) is 10.3. The summed E-state index contributed by atoms with van der Waals surface area (Å²) in [5.41, 5.74) is 2.35. The fourth-order valence-corrected chi connectivity index (χ4v) is 3.93. The van der Waals surface area contributed by atoms with Gasteiger partial charge >= 0.3 is 0 Å². The summed E-state index contributed by atoms with van der Waals surface area (Å²) in [5.74, 6) is 0.989. The van der Waals surface area contributed by atoms with E-state index >= 15 is 0 Å². The smallest absolute Gasteiger partial charge is 0.237 e. The summed E-state index contributed by atoms with van der Waals surface area (Å²) in [5, 5.41) is 3.28. The van der Waals surface area contributed by atoms with Crippen molar-refractivity contribution in [1.82, 2.24) is 10.2 Å². The highest BCUT2D eigenvalue weighted by Crippen LogP contribution is 2.23. The van der Waals surface area contributed by atoms with Crippen LogP contribution in [-0.4, -0.2) is 50.1 Å². The van der Waals surface area contributed by atoms with Crippen LogP contribution in [0.1, 0.15) is 38.3 Å². The first-order chi connectivity index (χ1) is 14.1. The Morgan fingerprint density at radius 2 is 1.79 bits per heavy atom. The van der Waals surface area contributed by atoms with Gasteiger partial charge in [-0.05, 0) is 31.0 Å². The zero-order valence-electron chi connectivity index (χ0n) is 17.8. The van der Waals surface area contributed by atoms with Gasteiger partial charge in [-0.1, -0.05) is 49.7 Å². The van der Waals surface area contributed by atoms with Crippen LogP contribution in [0, 0.1) is 0 Å². The summed E-state index contributed by atoms with van der Waals surface area (Å²) in [4.78, 5) is 17.6. The van der Waals surface area contributed by atoms with Crippen LogP contribution in [0.4, 0.5) is 5.69 Å². The molecule has 3 rings (SSSR count). The third-order valence-electron chi connectivity index (χ3n) is 5.76. The van der Waals surface area contributed by atoms with Crippen LogP contribution in [0.2, 0.25) is 0 Å². The van der Waals surface area contributed by atoms with E-state index in [1.54, 1.807) is 7.11 Å². The lowest BCUT2D eigenvalue weighted by Gasteiger charge is -2.39. The second-order valence-electron chi connectivity index (χ2n) is 7.66. The second-order valence-corrected chi connectivity index (χ2v) is 7.66. The van der Waals surface area contributed by atoms with E-state index in [1.165, 1.54) is 11.3 Å². The Kier molecular flexibility index (Phi) is 7.53. The highest BCUT2D eigenvalue weighted by atomic mass is 16.5. The number of rotatable bonds is 8. The van der Waals surface area contributed by atoms with E-state index in [1.807, 2.05) is 37.3 Å². The number of piperazine rings is 1. The van der Waals surface area contributed by atoms with Crippen LogP contribution >= 0.6 is 0 Å². The molecule has 2 atom stereocenters. The minimum atomic E-state index is -0.134. The number of benzene rings is 2. The van der Waals surface area contributed by atoms with Gasteiger partial charge < -0.3 is 15.0 Å². The molecule has 0 aliphatic carbocycles. The molecule has 1 fully saturated rings. The number of amides is 1. The number of ether oxygens (including phenoxy) is 1. The standard InChI is InChI=1S/C24H33N3O2/c1-4-9-23(20-10-6-5-7-11-20)25-24(28)19(2)26-14-16-27(17-15-26)21-12-8-13-22(18-21)29-3/h5-8,10-13,18-19,23H,4,9,14-17H2,1-3H3,(H,25,28)/t19-,23+/m0/s1. The number of nitrogens with one attached hydrogen (secondary N) is 1. The Labute approximate surface area is 174 Å². The van der Waals surface area contributed by atoms with Crippen LogP contribution in [0.15, 0.2) is 54.6 Å². The van der Waals surface area contributed by atoms with E-state index in [0.29, 0.717) is 0 Å². The van der Waals surface area contributed by atoms with Crippen LogP contribution < -0.4 is 15.0 Å². The van der Waals surface area contributed by atoms with Gasteiger partial charge in [0.1, 0.15) is 5.75 Å². The third-order valence-corrected chi connectivity index (χ3v) is 5.76. The van der Waals surface area contributed by atoms with Crippen molar-refractivity contribution in [1.29, 1.82) is 0 Å². The molecule has 0 spiro atoms. The minimum absolute atomic E-state index is 0.0780. The number of carbonyl (C=O) groups excluding carboxylic acids is 1. The van der Waals surface area contributed by atoms with Gasteiger partial charge in [0, 0.05) is 37.9 Å². The molecule has 1 N–H and O–H groups in total. The first-order valence-corrected chi connectivity index (χ1v) is 10.6. The van der Waals surface area contributed by atoms with Gasteiger partial charge in [0.15, 0.2) is 0 Å². The third kappa shape index (κ3) is 5.51. The molecule has 1 heterocycles. The molecule has 0 bridgehead atoms. The van der Waals surface area contributed by atoms with Crippen molar-refractivity contribution in [2.45, 2.75) is 38.8 Å². The maximum atomic E-state index is 13.0. The van der Waals surface area contributed by atoms with E-state index in [-0.39, 0.29) is 18.0 Å². The van der Waals surface area contributed by atoms with Gasteiger partial charge in [-0.3, -0.25) is 9.69 Å². The first kappa shape index (κ1) is 21.2. The molecule has 1 amide bonds. The Morgan fingerprint density at radius 3 is 2.45 bits per heavy atom. The number of nitrogens with zero attached hydrogens (tertiary/aromatic N) is 2. The van der Waals surface area contributed by atoms with E-state index in [4.69, 9.17) is 4.74 Å². The molecule has 1 aliphatic heterocycles. The molecule has 0 unspecified atom stereocenters. The van der Waals surface area contributed by atoms with E-state index < -0.39 is 0 Å². The summed E-state index contributed by atoms with van der Waals surface area (Å²) in [6.07, 6.45) is 1.99. The predicted molar refractivity (Wildman–Crippen MR) is 118 cm³/mol. The monoisotopic (exact) mass is 395 g/mol. The fraction of sp³-hybridized carbons (Fsp3) is 0.458. The predicted octanol–water partition coefficient (Wildman–Crippen LogP) is 3.86. The maximum Gasteiger partial charge on any atom is 0.237 e. The summed E-state index contributed by atoms with van der Waals surface area (Å²) in [7, 11) is 1.69. The van der Waals surface area contributed by atoms with E-state index in [0.717, 1.165) is 44.8 Å². The van der Waals surface area contributed by atoms with Crippen molar-refractivity contribution in [3.05, 3.63) is 60.2 Å². The molecule has 29 heavy (non-hydrogen) atoms. The van der Waals surface area contributed by atoms with Crippen molar-refractivity contribution in [3.8, 4) is 5.75 Å². The molecule has 2 aromatic rings. The number of anilines is 1. The normalized spacial score (nSPS) is 16.9. The molecule has 1 aliphatic rings. The first-order valence-electron chi connectivity index (χ1n) is 10.6. The van der Waals surface area contributed by atoms with Gasteiger partial charge in [0.05, 0.1) is 19.2 Å². The number of carbonyl (C=O) groups is 1. The van der Waals surface area contributed by atoms with E-state index in [9.17, 15) is 4.79 Å². The van der Waals surface area contributed by atoms with Crippen molar-refractivity contribution in [2.24, 2.45) is 0 Å². The van der Waals surface area contributed by atoms with Gasteiger partial charge in [-0.15, -0.1) is 0 Å². The highest BCUT2D eigenvalue weighted by molar-refractivity contribution is 5.81. The fourth-order valence-electron chi connectivity index (χ4n) is 3.93. The van der Waals surface area contributed by atoms with Gasteiger partial charge in [-0.25, -0.2) is 0 Å². The van der Waals surface area contributed by atoms with Gasteiger partial charge in [-0.2, -0.15) is 0 Å². The molecule has 0 saturated carbocycles. The average molecular weight is 396 g/mol. The average Bonchev–Trinajstić information content (AvgIpc) is 2.79. The lowest BCUT2D eigenvalue weighted by atomic mass is 10.0. The van der Waals surface area contributed by atoms with Crippen molar-refractivity contribution >= 4 is 11.6 Å². The Morgan fingerprint density at radius 1 is 1.07 bits per heavy atom. The lowest BCUT2D eigenvalue weighted by Crippen LogP contribution is -2.54. The van der Waals surface area contributed by atoms with E-state index in [2.05, 4.69) is 46.3 Å². The number of methoxy groups -OCH3 is 1. The van der Waals surface area contributed by atoms with Gasteiger partial charge in [0.25, 0.3) is 0 Å². The quantitative estimate of drug-likeness (QED) is 0.737. The van der Waals surface area contributed by atoms with Gasteiger partial charge in [0.2, 0.25) is 5.91 Å². The van der Waals surface area contributed by atoms with Crippen LogP contribution in [0.5, 0.6) is 5.75 Å². The molecular formula is C24H33N3O2. The Balaban J connectivity index is 1.56. The van der Waals surface area contributed by atoms with Crippen molar-refractivity contribution < 1.29 is 9.53 Å². The highest BCUT2D eigenvalue weighted by Gasteiger charge is 2.27. The van der Waals surface area contributed by atoms with Crippen LogP contribution in [0.25, 0.3) is 0 Å². The van der Waals surface area contributed by atoms with Crippen LogP contribution in [0.3, 0.4) is 0 Å². The Bertz CT molecular complexity index is 773. The topological polar surface area (TPSA) is 44.8 Å². The largest absolute Gasteiger partial charge is 0.497 e. The van der Waals surface area contributed by atoms with Crippen molar-refractivity contribution in [3.63, 3.8) is 0 Å². The molecule has 1 saturated heterocycles. The Hall–Kier alpha value is -2.53. The molecule has 5 nitrogen and oxygen atoms in total. The lowest BCUT2D eigenvalue weighted by molar-refractivity contribution is -0.126. The summed E-state index contributed by atoms with van der Waals surface area (Å²) in [6, 6.07) is 18.4. The summed E-state index contributed by atoms with van der Waals surface area (Å²) in [6.45, 7) is 7.72. The summed E-state index contributed by atoms with van der Waals surface area (Å²) < 4.78 is 5.34. The number of hydrogen-bond acceptors (Lipinski definition) is 4. The maximum absolute atomic E-state index is 13.0. The SMILES string of the molecule is CCC[C@@H](NC(=O)[C@H](C)N1CCN(c2cccc(OC)c2)CC1)c1ccccc1. The summed E-state index contributed by atoms with van der Waals surface area (Å²) >= 11 is 0.